The van der Waals surface area contributed by atoms with E-state index in [9.17, 15) is 14.4 Å². The van der Waals surface area contributed by atoms with E-state index in [1.54, 1.807) is 66.7 Å². The number of hydrogen-bond acceptors (Lipinski definition) is 4. The van der Waals surface area contributed by atoms with Crippen LogP contribution in [0.3, 0.4) is 0 Å². The Balaban J connectivity index is 1.56. The highest BCUT2D eigenvalue weighted by molar-refractivity contribution is 6.36. The molecule has 3 atom stereocenters. The van der Waals surface area contributed by atoms with Crippen LogP contribution in [0, 0.1) is 5.41 Å². The van der Waals surface area contributed by atoms with Crippen molar-refractivity contribution in [1.29, 1.82) is 0 Å². The summed E-state index contributed by atoms with van der Waals surface area (Å²) in [6.45, 7) is 0. The molecule has 0 N–H and O–H groups in total. The number of halogens is 3. The van der Waals surface area contributed by atoms with Crippen LogP contribution in [0.2, 0.25) is 15.1 Å². The molecule has 0 saturated carbocycles. The van der Waals surface area contributed by atoms with Crippen LogP contribution < -0.4 is 4.90 Å². The van der Waals surface area contributed by atoms with Gasteiger partial charge in [0.15, 0.2) is 17.3 Å². The maximum absolute atomic E-state index is 14.6. The smallest absolute Gasteiger partial charge is 0.185 e. The number of nitrogens with zero attached hydrogens (tertiary/aromatic N) is 1. The zero-order valence-corrected chi connectivity index (χ0v) is 23.1. The van der Waals surface area contributed by atoms with Crippen LogP contribution in [0.4, 0.5) is 5.69 Å². The van der Waals surface area contributed by atoms with E-state index in [1.807, 2.05) is 41.3 Å². The second-order valence-corrected chi connectivity index (χ2v) is 11.6. The molecular formula is C33H20Cl3NO3. The summed E-state index contributed by atoms with van der Waals surface area (Å²) in [6.07, 6.45) is 3.81. The highest BCUT2D eigenvalue weighted by Crippen LogP contribution is 2.61. The third-order valence-corrected chi connectivity index (χ3v) is 9.22. The molecule has 196 valence electrons. The Hall–Kier alpha value is -3.70. The van der Waals surface area contributed by atoms with E-state index in [0.29, 0.717) is 37.3 Å². The number of hydrogen-bond donors (Lipinski definition) is 0. The normalized spacial score (nSPS) is 21.9. The largest absolute Gasteiger partial charge is 0.352 e. The molecule has 0 amide bonds. The standard InChI is InChI=1S/C33H20Cl3NO3/c34-20-12-9-19(10-13-20)30(38)29-28(24-15-14-21(35)17-25(24)36)33(31(39)22-6-2-3-7-23(22)32(33)40)27-16-11-18-5-1-4-8-26(18)37(27)29/h1-17,27-29H/t27?,28-,29+/m0/s1. The lowest BCUT2D eigenvalue weighted by atomic mass is 9.64. The van der Waals surface area contributed by atoms with Gasteiger partial charge in [0, 0.05) is 43.4 Å². The van der Waals surface area contributed by atoms with Crippen molar-refractivity contribution in [3.05, 3.63) is 140 Å². The number of anilines is 1. The summed E-state index contributed by atoms with van der Waals surface area (Å²) < 4.78 is 0. The molecular weight excluding hydrogens is 565 g/mol. The van der Waals surface area contributed by atoms with Gasteiger partial charge in [0.25, 0.3) is 0 Å². The third kappa shape index (κ3) is 3.37. The van der Waals surface area contributed by atoms with Crippen molar-refractivity contribution in [3.63, 3.8) is 0 Å². The van der Waals surface area contributed by atoms with Crippen LogP contribution in [-0.2, 0) is 0 Å². The summed E-state index contributed by atoms with van der Waals surface area (Å²) >= 11 is 19.3. The summed E-state index contributed by atoms with van der Waals surface area (Å²) in [5.74, 6) is -1.77. The van der Waals surface area contributed by atoms with E-state index < -0.39 is 23.4 Å². The maximum atomic E-state index is 14.6. The van der Waals surface area contributed by atoms with Crippen LogP contribution in [-0.4, -0.2) is 29.4 Å². The summed E-state index contributed by atoms with van der Waals surface area (Å²) in [5.41, 5.74) is 1.68. The van der Waals surface area contributed by atoms with Gasteiger partial charge in [0.05, 0.1) is 6.04 Å². The number of para-hydroxylation sites is 1. The van der Waals surface area contributed by atoms with Crippen LogP contribution in [0.1, 0.15) is 48.1 Å². The van der Waals surface area contributed by atoms with E-state index >= 15 is 0 Å². The summed E-state index contributed by atoms with van der Waals surface area (Å²) in [7, 11) is 0. The molecule has 3 aliphatic rings. The molecule has 1 spiro atoms. The maximum Gasteiger partial charge on any atom is 0.185 e. The second kappa shape index (κ2) is 9.17. The molecule has 4 aromatic rings. The molecule has 0 bridgehead atoms. The first-order valence-electron chi connectivity index (χ1n) is 12.8. The van der Waals surface area contributed by atoms with Crippen molar-refractivity contribution in [1.82, 2.24) is 0 Å². The molecule has 2 heterocycles. The minimum absolute atomic E-state index is 0.240. The average Bonchev–Trinajstić information content (AvgIpc) is 3.39. The summed E-state index contributed by atoms with van der Waals surface area (Å²) in [6, 6.07) is 24.6. The Kier molecular flexibility index (Phi) is 5.79. The minimum atomic E-state index is -1.63. The average molecular weight is 585 g/mol. The molecule has 4 aromatic carbocycles. The zero-order valence-electron chi connectivity index (χ0n) is 20.9. The van der Waals surface area contributed by atoms with Gasteiger partial charge in [-0.1, -0.05) is 95.5 Å². The zero-order chi connectivity index (χ0) is 27.8. The lowest BCUT2D eigenvalue weighted by molar-refractivity contribution is 0.0666. The van der Waals surface area contributed by atoms with Crippen LogP contribution >= 0.6 is 34.8 Å². The molecule has 40 heavy (non-hydrogen) atoms. The highest BCUT2D eigenvalue weighted by atomic mass is 35.5. The number of benzene rings is 4. The lowest BCUT2D eigenvalue weighted by Gasteiger charge is -2.37. The Bertz CT molecular complexity index is 1740. The molecule has 0 aromatic heterocycles. The Labute approximate surface area is 245 Å². The van der Waals surface area contributed by atoms with Crippen LogP contribution in [0.25, 0.3) is 6.08 Å². The fourth-order valence-electron chi connectivity index (χ4n) is 6.80. The van der Waals surface area contributed by atoms with Crippen LogP contribution in [0.15, 0.2) is 97.1 Å². The van der Waals surface area contributed by atoms with Crippen molar-refractivity contribution < 1.29 is 14.4 Å². The van der Waals surface area contributed by atoms with E-state index in [0.717, 1.165) is 11.3 Å². The fraction of sp³-hybridized carbons (Fsp3) is 0.121. The Morgan fingerprint density at radius 1 is 0.750 bits per heavy atom. The van der Waals surface area contributed by atoms with Gasteiger partial charge in [-0.2, -0.15) is 0 Å². The molecule has 7 heteroatoms. The SMILES string of the molecule is O=C(c1ccc(Cl)cc1)[C@H]1[C@H](c2ccc(Cl)cc2Cl)C2(C(=O)c3ccccc3C2=O)C2C=Cc3ccccc3N21. The lowest BCUT2D eigenvalue weighted by Crippen LogP contribution is -2.48. The molecule has 0 radical (unpaired) electrons. The first-order chi connectivity index (χ1) is 19.3. The molecule has 1 fully saturated rings. The summed E-state index contributed by atoms with van der Waals surface area (Å²) in [5, 5.41) is 1.20. The van der Waals surface area contributed by atoms with Crippen molar-refractivity contribution >= 4 is 63.9 Å². The van der Waals surface area contributed by atoms with E-state index in [1.165, 1.54) is 0 Å². The fourth-order valence-corrected chi connectivity index (χ4v) is 7.45. The van der Waals surface area contributed by atoms with Gasteiger partial charge in [0.1, 0.15) is 11.5 Å². The van der Waals surface area contributed by atoms with Crippen molar-refractivity contribution in [2.24, 2.45) is 5.41 Å². The molecule has 1 aliphatic carbocycles. The van der Waals surface area contributed by atoms with Crippen LogP contribution in [0.5, 0.6) is 0 Å². The predicted molar refractivity (Wildman–Crippen MR) is 158 cm³/mol. The first-order valence-corrected chi connectivity index (χ1v) is 14.0. The summed E-state index contributed by atoms with van der Waals surface area (Å²) in [4.78, 5) is 45.8. The number of ketones is 3. The quantitative estimate of drug-likeness (QED) is 0.181. The van der Waals surface area contributed by atoms with E-state index in [2.05, 4.69) is 0 Å². The van der Waals surface area contributed by atoms with Gasteiger partial charge in [-0.15, -0.1) is 0 Å². The number of rotatable bonds is 3. The minimum Gasteiger partial charge on any atom is -0.352 e. The Morgan fingerprint density at radius 2 is 1.38 bits per heavy atom. The molecule has 1 unspecified atom stereocenters. The topological polar surface area (TPSA) is 54.5 Å². The monoisotopic (exact) mass is 583 g/mol. The third-order valence-electron chi connectivity index (χ3n) is 8.41. The van der Waals surface area contributed by atoms with Gasteiger partial charge in [-0.3, -0.25) is 14.4 Å². The second-order valence-electron chi connectivity index (χ2n) is 10.3. The van der Waals surface area contributed by atoms with Gasteiger partial charge in [-0.25, -0.2) is 0 Å². The number of carbonyl (C=O) groups excluding carboxylic acids is 3. The first kappa shape index (κ1) is 25.3. The van der Waals surface area contributed by atoms with E-state index in [-0.39, 0.29) is 17.3 Å². The van der Waals surface area contributed by atoms with Crippen molar-refractivity contribution in [3.8, 4) is 0 Å². The molecule has 1 saturated heterocycles. The van der Waals surface area contributed by atoms with E-state index in [4.69, 9.17) is 34.8 Å². The van der Waals surface area contributed by atoms with Crippen molar-refractivity contribution in [2.45, 2.75) is 18.0 Å². The Morgan fingerprint density at radius 3 is 2.05 bits per heavy atom. The number of fused-ring (bicyclic) bond motifs is 5. The number of carbonyl (C=O) groups is 3. The van der Waals surface area contributed by atoms with Crippen molar-refractivity contribution in [2.75, 3.05) is 4.90 Å². The molecule has 2 aliphatic heterocycles. The molecule has 7 rings (SSSR count). The van der Waals surface area contributed by atoms with Gasteiger partial charge in [-0.05, 0) is 53.6 Å². The van der Waals surface area contributed by atoms with Gasteiger partial charge >= 0.3 is 0 Å². The number of Topliss-reactive ketones (excluding diaryl/α,β-unsaturated/α-hetero) is 3. The highest BCUT2D eigenvalue weighted by Gasteiger charge is 2.71. The van der Waals surface area contributed by atoms with Gasteiger partial charge in [0.2, 0.25) is 0 Å². The predicted octanol–water partition coefficient (Wildman–Crippen LogP) is 7.96. The van der Waals surface area contributed by atoms with Gasteiger partial charge < -0.3 is 4.90 Å². The molecule has 4 nitrogen and oxygen atoms in total.